The Bertz CT molecular complexity index is 601. The first-order valence-corrected chi connectivity index (χ1v) is 7.87. The summed E-state index contributed by atoms with van der Waals surface area (Å²) in [6.45, 7) is 2.46. The topological polar surface area (TPSA) is 55.1 Å². The van der Waals surface area contributed by atoms with Crippen molar-refractivity contribution in [3.63, 3.8) is 0 Å². The summed E-state index contributed by atoms with van der Waals surface area (Å²) < 4.78 is 0. The van der Waals surface area contributed by atoms with Crippen LogP contribution in [0.5, 0.6) is 0 Å². The van der Waals surface area contributed by atoms with Gasteiger partial charge in [0.25, 0.3) is 0 Å². The quantitative estimate of drug-likeness (QED) is 0.837. The maximum Gasteiger partial charge on any atom is 0.228 e. The van der Waals surface area contributed by atoms with Gasteiger partial charge >= 0.3 is 0 Å². The van der Waals surface area contributed by atoms with Crippen LogP contribution < -0.4 is 11.1 Å². The van der Waals surface area contributed by atoms with Crippen LogP contribution in [0.1, 0.15) is 37.3 Å². The van der Waals surface area contributed by atoms with E-state index in [0.717, 1.165) is 23.2 Å². The minimum absolute atomic E-state index is 0.209. The Balaban J connectivity index is 1.71. The molecule has 0 heterocycles. The standard InChI is InChI=1S/C18H22N2O/c1-2-13-11-12(5-4-10-19)8-9-16(13)20-18(21)17-14-6-3-7-15(14)17/h8-9,11,14-15,17H,2-3,6-7,10,19H2,1H3,(H,20,21). The Hall–Kier alpha value is -1.79. The molecule has 0 bridgehead atoms. The number of carbonyl (C=O) groups excluding carboxylic acids is 1. The lowest BCUT2D eigenvalue weighted by molar-refractivity contribution is -0.118. The summed E-state index contributed by atoms with van der Waals surface area (Å²) in [4.78, 5) is 12.4. The zero-order chi connectivity index (χ0) is 14.8. The van der Waals surface area contributed by atoms with Gasteiger partial charge in [0.2, 0.25) is 5.91 Å². The zero-order valence-corrected chi connectivity index (χ0v) is 12.5. The zero-order valence-electron chi connectivity index (χ0n) is 12.5. The van der Waals surface area contributed by atoms with Crippen molar-refractivity contribution in [2.75, 3.05) is 11.9 Å². The van der Waals surface area contributed by atoms with Crippen molar-refractivity contribution in [2.45, 2.75) is 32.6 Å². The second-order valence-corrected chi connectivity index (χ2v) is 6.01. The molecule has 0 radical (unpaired) electrons. The molecule has 3 heteroatoms. The van der Waals surface area contributed by atoms with Gasteiger partial charge in [-0.3, -0.25) is 4.79 Å². The van der Waals surface area contributed by atoms with Crippen LogP contribution >= 0.6 is 0 Å². The first kappa shape index (κ1) is 14.2. The normalized spacial score (nSPS) is 25.7. The number of benzene rings is 1. The van der Waals surface area contributed by atoms with E-state index in [-0.39, 0.29) is 11.8 Å². The monoisotopic (exact) mass is 282 g/mol. The molecule has 2 unspecified atom stereocenters. The molecule has 0 saturated heterocycles. The van der Waals surface area contributed by atoms with Crippen LogP contribution in [0.3, 0.4) is 0 Å². The van der Waals surface area contributed by atoms with Crippen molar-refractivity contribution in [1.82, 2.24) is 0 Å². The molecule has 1 aromatic rings. The van der Waals surface area contributed by atoms with Gasteiger partial charge < -0.3 is 11.1 Å². The number of fused-ring (bicyclic) bond motifs is 1. The van der Waals surface area contributed by atoms with E-state index in [1.54, 1.807) is 0 Å². The van der Waals surface area contributed by atoms with E-state index in [1.807, 2.05) is 18.2 Å². The lowest BCUT2D eigenvalue weighted by atomic mass is 10.1. The molecular formula is C18H22N2O. The molecule has 3 N–H and O–H groups in total. The summed E-state index contributed by atoms with van der Waals surface area (Å²) in [6.07, 6.45) is 4.65. The summed E-state index contributed by atoms with van der Waals surface area (Å²) in [5.74, 6) is 7.69. The third-order valence-corrected chi connectivity index (χ3v) is 4.79. The average molecular weight is 282 g/mol. The number of carbonyl (C=O) groups is 1. The number of hydrogen-bond donors (Lipinski definition) is 2. The molecule has 21 heavy (non-hydrogen) atoms. The highest BCUT2D eigenvalue weighted by Gasteiger charge is 2.56. The minimum Gasteiger partial charge on any atom is -0.326 e. The van der Waals surface area contributed by atoms with Gasteiger partial charge in [-0.25, -0.2) is 0 Å². The van der Waals surface area contributed by atoms with Crippen LogP contribution in [0.15, 0.2) is 18.2 Å². The Labute approximate surface area is 126 Å². The molecule has 2 atom stereocenters. The largest absolute Gasteiger partial charge is 0.326 e. The number of nitrogens with two attached hydrogens (primary N) is 1. The molecule has 0 aromatic heterocycles. The van der Waals surface area contributed by atoms with Crippen molar-refractivity contribution < 1.29 is 4.79 Å². The highest BCUT2D eigenvalue weighted by molar-refractivity contribution is 5.95. The summed E-state index contributed by atoms with van der Waals surface area (Å²) in [6, 6.07) is 5.96. The Morgan fingerprint density at radius 3 is 2.81 bits per heavy atom. The van der Waals surface area contributed by atoms with E-state index in [1.165, 1.54) is 19.3 Å². The summed E-state index contributed by atoms with van der Waals surface area (Å²) >= 11 is 0. The van der Waals surface area contributed by atoms with Crippen molar-refractivity contribution >= 4 is 11.6 Å². The van der Waals surface area contributed by atoms with Crippen LogP contribution in [-0.4, -0.2) is 12.5 Å². The van der Waals surface area contributed by atoms with Crippen LogP contribution in [0.2, 0.25) is 0 Å². The van der Waals surface area contributed by atoms with E-state index in [0.29, 0.717) is 18.4 Å². The SMILES string of the molecule is CCc1cc(C#CCN)ccc1NC(=O)C1C2CCCC21. The first-order chi connectivity index (χ1) is 10.2. The minimum atomic E-state index is 0.209. The predicted molar refractivity (Wildman–Crippen MR) is 84.7 cm³/mol. The van der Waals surface area contributed by atoms with Crippen LogP contribution in [0, 0.1) is 29.6 Å². The Morgan fingerprint density at radius 1 is 1.38 bits per heavy atom. The van der Waals surface area contributed by atoms with Gasteiger partial charge in [0, 0.05) is 17.2 Å². The Kier molecular flexibility index (Phi) is 3.98. The van der Waals surface area contributed by atoms with Crippen LogP contribution in [0.4, 0.5) is 5.69 Å². The van der Waals surface area contributed by atoms with E-state index in [9.17, 15) is 4.79 Å². The third kappa shape index (κ3) is 2.82. The van der Waals surface area contributed by atoms with Crippen LogP contribution in [0.25, 0.3) is 0 Å². The van der Waals surface area contributed by atoms with Crippen LogP contribution in [-0.2, 0) is 11.2 Å². The van der Waals surface area contributed by atoms with Gasteiger partial charge in [0.05, 0.1) is 6.54 Å². The maximum atomic E-state index is 12.4. The molecule has 3 nitrogen and oxygen atoms in total. The number of rotatable bonds is 3. The maximum absolute atomic E-state index is 12.4. The molecule has 0 aliphatic heterocycles. The smallest absolute Gasteiger partial charge is 0.228 e. The summed E-state index contributed by atoms with van der Waals surface area (Å²) in [5, 5.41) is 3.12. The molecule has 110 valence electrons. The highest BCUT2D eigenvalue weighted by atomic mass is 16.2. The second-order valence-electron chi connectivity index (χ2n) is 6.01. The molecule has 1 amide bonds. The fraction of sp³-hybridized carbons (Fsp3) is 0.500. The number of anilines is 1. The molecule has 2 saturated carbocycles. The number of aryl methyl sites for hydroxylation is 1. The lowest BCUT2D eigenvalue weighted by Gasteiger charge is -2.11. The number of nitrogens with one attached hydrogen (secondary N) is 1. The van der Waals surface area contributed by atoms with E-state index in [4.69, 9.17) is 5.73 Å². The van der Waals surface area contributed by atoms with E-state index >= 15 is 0 Å². The van der Waals surface area contributed by atoms with Crippen molar-refractivity contribution in [2.24, 2.45) is 23.5 Å². The van der Waals surface area contributed by atoms with E-state index in [2.05, 4.69) is 24.1 Å². The van der Waals surface area contributed by atoms with Gasteiger partial charge in [-0.15, -0.1) is 0 Å². The highest BCUT2D eigenvalue weighted by Crippen LogP contribution is 2.57. The van der Waals surface area contributed by atoms with Crippen molar-refractivity contribution in [1.29, 1.82) is 0 Å². The average Bonchev–Trinajstić information content (AvgIpc) is 2.99. The van der Waals surface area contributed by atoms with Crippen molar-refractivity contribution in [3.05, 3.63) is 29.3 Å². The fourth-order valence-electron chi connectivity index (χ4n) is 3.67. The lowest BCUT2D eigenvalue weighted by Crippen LogP contribution is -2.17. The van der Waals surface area contributed by atoms with Gasteiger partial charge in [0.15, 0.2) is 0 Å². The molecule has 2 fully saturated rings. The molecule has 1 aromatic carbocycles. The van der Waals surface area contributed by atoms with Gasteiger partial charge in [-0.2, -0.15) is 0 Å². The number of amides is 1. The molecule has 2 aliphatic carbocycles. The van der Waals surface area contributed by atoms with E-state index < -0.39 is 0 Å². The summed E-state index contributed by atoms with van der Waals surface area (Å²) in [7, 11) is 0. The third-order valence-electron chi connectivity index (χ3n) is 4.79. The molecule has 2 aliphatic rings. The first-order valence-electron chi connectivity index (χ1n) is 7.87. The van der Waals surface area contributed by atoms with Gasteiger partial charge in [-0.1, -0.05) is 25.2 Å². The second kappa shape index (κ2) is 5.91. The predicted octanol–water partition coefficient (Wildman–Crippen LogP) is 2.54. The number of hydrogen-bond acceptors (Lipinski definition) is 2. The molecular weight excluding hydrogens is 260 g/mol. The van der Waals surface area contributed by atoms with Gasteiger partial charge in [0.1, 0.15) is 0 Å². The van der Waals surface area contributed by atoms with Crippen molar-refractivity contribution in [3.8, 4) is 11.8 Å². The molecule has 0 spiro atoms. The Morgan fingerprint density at radius 2 is 2.14 bits per heavy atom. The summed E-state index contributed by atoms with van der Waals surface area (Å²) in [5.41, 5.74) is 8.43. The van der Waals surface area contributed by atoms with Gasteiger partial charge in [-0.05, 0) is 54.9 Å². The fourth-order valence-corrected chi connectivity index (χ4v) is 3.67. The molecule has 3 rings (SSSR count).